The highest BCUT2D eigenvalue weighted by Crippen LogP contribution is 2.24. The van der Waals surface area contributed by atoms with Gasteiger partial charge in [-0.05, 0) is 73.7 Å². The number of methoxy groups -OCH3 is 1. The third kappa shape index (κ3) is 6.67. The molecule has 0 aliphatic heterocycles. The lowest BCUT2D eigenvalue weighted by Gasteiger charge is -2.12. The second-order valence-electron chi connectivity index (χ2n) is 6.68. The van der Waals surface area contributed by atoms with Gasteiger partial charge >= 0.3 is 0 Å². The first-order valence-electron chi connectivity index (χ1n) is 9.54. The Morgan fingerprint density at radius 3 is 2.32 bits per heavy atom. The molecule has 0 saturated heterocycles. The molecule has 3 aromatic rings. The molecule has 0 bridgehead atoms. The van der Waals surface area contributed by atoms with E-state index < -0.39 is 0 Å². The summed E-state index contributed by atoms with van der Waals surface area (Å²) in [7, 11) is 1.58. The molecule has 2 N–H and O–H groups in total. The molecule has 3 aromatic carbocycles. The fourth-order valence-electron chi connectivity index (χ4n) is 2.77. The lowest BCUT2D eigenvalue weighted by atomic mass is 10.1. The normalized spacial score (nSPS) is 10.3. The zero-order valence-corrected chi connectivity index (χ0v) is 18.8. The number of benzene rings is 3. The standard InChI is InChI=1S/C24H22N2O3S2/c1-16(27)17-9-11-19(12-10-17)25-24(30)26-20-6-4-8-22(14-20)31-15-23(28)18-5-3-7-21(13-18)29-2/h3-14H,15H2,1-2H3,(H2,25,26,30). The van der Waals surface area contributed by atoms with Gasteiger partial charge in [-0.2, -0.15) is 0 Å². The zero-order valence-electron chi connectivity index (χ0n) is 17.2. The van der Waals surface area contributed by atoms with Crippen LogP contribution in [0.25, 0.3) is 0 Å². The highest BCUT2D eigenvalue weighted by molar-refractivity contribution is 8.00. The van der Waals surface area contributed by atoms with Crippen LogP contribution in [-0.4, -0.2) is 29.5 Å². The first-order chi connectivity index (χ1) is 14.9. The van der Waals surface area contributed by atoms with Crippen LogP contribution >= 0.6 is 24.0 Å². The molecular formula is C24H22N2O3S2. The maximum Gasteiger partial charge on any atom is 0.175 e. The van der Waals surface area contributed by atoms with E-state index in [1.54, 1.807) is 43.5 Å². The van der Waals surface area contributed by atoms with Crippen LogP contribution in [0.5, 0.6) is 5.75 Å². The van der Waals surface area contributed by atoms with Gasteiger partial charge in [-0.25, -0.2) is 0 Å². The molecule has 0 aliphatic carbocycles. The van der Waals surface area contributed by atoms with Crippen molar-refractivity contribution >= 4 is 52.0 Å². The molecule has 158 valence electrons. The summed E-state index contributed by atoms with van der Waals surface area (Å²) in [4.78, 5) is 24.8. The van der Waals surface area contributed by atoms with Crippen molar-refractivity contribution in [2.24, 2.45) is 0 Å². The average Bonchev–Trinajstić information content (AvgIpc) is 2.78. The van der Waals surface area contributed by atoms with Gasteiger partial charge in [0.25, 0.3) is 0 Å². The monoisotopic (exact) mass is 450 g/mol. The maximum atomic E-state index is 12.5. The summed E-state index contributed by atoms with van der Waals surface area (Å²) < 4.78 is 5.18. The molecule has 0 aliphatic rings. The SMILES string of the molecule is COc1cccc(C(=O)CSc2cccc(NC(=S)Nc3ccc(C(C)=O)cc3)c2)c1. The van der Waals surface area contributed by atoms with Crippen LogP contribution in [0, 0.1) is 0 Å². The Hall–Kier alpha value is -3.16. The van der Waals surface area contributed by atoms with E-state index in [1.165, 1.54) is 18.7 Å². The molecular weight excluding hydrogens is 428 g/mol. The van der Waals surface area contributed by atoms with Crippen LogP contribution in [0.2, 0.25) is 0 Å². The largest absolute Gasteiger partial charge is 0.497 e. The second-order valence-corrected chi connectivity index (χ2v) is 8.14. The quantitative estimate of drug-likeness (QED) is 0.260. The summed E-state index contributed by atoms with van der Waals surface area (Å²) in [6.45, 7) is 1.53. The summed E-state index contributed by atoms with van der Waals surface area (Å²) in [5.74, 6) is 1.04. The first-order valence-corrected chi connectivity index (χ1v) is 10.9. The van der Waals surface area contributed by atoms with Crippen molar-refractivity contribution < 1.29 is 14.3 Å². The van der Waals surface area contributed by atoms with Gasteiger partial charge in [0, 0.05) is 27.4 Å². The van der Waals surface area contributed by atoms with Gasteiger partial charge in [0.15, 0.2) is 16.7 Å². The van der Waals surface area contributed by atoms with E-state index in [0.29, 0.717) is 27.7 Å². The third-order valence-electron chi connectivity index (χ3n) is 4.40. The fraction of sp³-hybridized carbons (Fsp3) is 0.125. The van der Waals surface area contributed by atoms with E-state index in [-0.39, 0.29) is 11.6 Å². The number of hydrogen-bond donors (Lipinski definition) is 2. The number of carbonyl (C=O) groups excluding carboxylic acids is 2. The number of ketones is 2. The highest BCUT2D eigenvalue weighted by atomic mass is 32.2. The van der Waals surface area contributed by atoms with Crippen molar-refractivity contribution in [2.75, 3.05) is 23.5 Å². The molecule has 0 fully saturated rings. The van der Waals surface area contributed by atoms with E-state index in [2.05, 4.69) is 10.6 Å². The van der Waals surface area contributed by atoms with Gasteiger partial charge in [0.1, 0.15) is 5.75 Å². The minimum Gasteiger partial charge on any atom is -0.497 e. The van der Waals surface area contributed by atoms with Crippen LogP contribution in [-0.2, 0) is 0 Å². The van der Waals surface area contributed by atoms with Crippen molar-refractivity contribution in [1.29, 1.82) is 0 Å². The van der Waals surface area contributed by atoms with Gasteiger partial charge < -0.3 is 15.4 Å². The Labute approximate surface area is 191 Å². The number of anilines is 2. The van der Waals surface area contributed by atoms with Gasteiger partial charge in [-0.3, -0.25) is 9.59 Å². The number of thioether (sulfide) groups is 1. The van der Waals surface area contributed by atoms with Crippen LogP contribution in [0.1, 0.15) is 27.6 Å². The second kappa shape index (κ2) is 10.7. The molecule has 31 heavy (non-hydrogen) atoms. The van der Waals surface area contributed by atoms with E-state index in [0.717, 1.165) is 16.3 Å². The molecule has 0 atom stereocenters. The highest BCUT2D eigenvalue weighted by Gasteiger charge is 2.09. The van der Waals surface area contributed by atoms with Gasteiger partial charge in [-0.15, -0.1) is 11.8 Å². The molecule has 0 aromatic heterocycles. The van der Waals surface area contributed by atoms with Crippen LogP contribution in [0.3, 0.4) is 0 Å². The van der Waals surface area contributed by atoms with Crippen molar-refractivity contribution in [2.45, 2.75) is 11.8 Å². The summed E-state index contributed by atoms with van der Waals surface area (Å²) in [5.41, 5.74) is 2.88. The molecule has 7 heteroatoms. The minimum absolute atomic E-state index is 0.0199. The Bertz CT molecular complexity index is 1100. The van der Waals surface area contributed by atoms with Crippen molar-refractivity contribution in [3.63, 3.8) is 0 Å². The molecule has 0 amide bonds. The number of rotatable bonds is 8. The predicted molar refractivity (Wildman–Crippen MR) is 131 cm³/mol. The fourth-order valence-corrected chi connectivity index (χ4v) is 3.86. The molecule has 0 unspecified atom stereocenters. The maximum absolute atomic E-state index is 12.5. The van der Waals surface area contributed by atoms with E-state index >= 15 is 0 Å². The molecule has 0 radical (unpaired) electrons. The molecule has 5 nitrogen and oxygen atoms in total. The van der Waals surface area contributed by atoms with Crippen molar-refractivity contribution in [3.05, 3.63) is 83.9 Å². The Balaban J connectivity index is 1.56. The van der Waals surface area contributed by atoms with Crippen molar-refractivity contribution in [3.8, 4) is 5.75 Å². The van der Waals surface area contributed by atoms with Gasteiger partial charge in [0.05, 0.1) is 12.9 Å². The van der Waals surface area contributed by atoms with Crippen molar-refractivity contribution in [1.82, 2.24) is 0 Å². The van der Waals surface area contributed by atoms with Crippen LogP contribution in [0.15, 0.2) is 77.7 Å². The average molecular weight is 451 g/mol. The van der Waals surface area contributed by atoms with E-state index in [4.69, 9.17) is 17.0 Å². The summed E-state index contributed by atoms with van der Waals surface area (Å²) in [6.07, 6.45) is 0. The Morgan fingerprint density at radius 2 is 1.61 bits per heavy atom. The van der Waals surface area contributed by atoms with Crippen LogP contribution in [0.4, 0.5) is 11.4 Å². The lowest BCUT2D eigenvalue weighted by molar-refractivity contribution is 0.101. The van der Waals surface area contributed by atoms with E-state index in [1.807, 2.05) is 36.4 Å². The molecule has 0 heterocycles. The summed E-state index contributed by atoms with van der Waals surface area (Å²) in [6, 6.07) is 22.0. The Kier molecular flexibility index (Phi) is 7.81. The molecule has 3 rings (SSSR count). The molecule has 0 saturated carbocycles. The smallest absolute Gasteiger partial charge is 0.175 e. The Morgan fingerprint density at radius 1 is 0.903 bits per heavy atom. The summed E-state index contributed by atoms with van der Waals surface area (Å²) >= 11 is 6.84. The predicted octanol–water partition coefficient (Wildman–Crippen LogP) is 5.68. The molecule has 0 spiro atoms. The number of thiocarbonyl (C=S) groups is 1. The lowest BCUT2D eigenvalue weighted by Crippen LogP contribution is -2.19. The number of carbonyl (C=O) groups is 2. The number of hydrogen-bond acceptors (Lipinski definition) is 5. The topological polar surface area (TPSA) is 67.4 Å². The minimum atomic E-state index is 0.0199. The first kappa shape index (κ1) is 22.5. The number of ether oxygens (including phenoxy) is 1. The summed E-state index contributed by atoms with van der Waals surface area (Å²) in [5, 5.41) is 6.67. The van der Waals surface area contributed by atoms with Gasteiger partial charge in [0.2, 0.25) is 0 Å². The number of nitrogens with one attached hydrogen (secondary N) is 2. The zero-order chi connectivity index (χ0) is 22.2. The van der Waals surface area contributed by atoms with E-state index in [9.17, 15) is 9.59 Å². The number of Topliss-reactive ketones (excluding diaryl/α,β-unsaturated/α-hetero) is 2. The van der Waals surface area contributed by atoms with Crippen LogP contribution < -0.4 is 15.4 Å². The van der Waals surface area contributed by atoms with Gasteiger partial charge in [-0.1, -0.05) is 18.2 Å². The third-order valence-corrected chi connectivity index (χ3v) is 5.60.